The number of hydrogen-bond acceptors (Lipinski definition) is 3. The van der Waals surface area contributed by atoms with Gasteiger partial charge in [0.15, 0.2) is 0 Å². The molecule has 2 N–H and O–H groups in total. The van der Waals surface area contributed by atoms with Gasteiger partial charge in [-0.1, -0.05) is 6.07 Å². The van der Waals surface area contributed by atoms with Crippen LogP contribution in [0.1, 0.15) is 15.9 Å². The third-order valence-corrected chi connectivity index (χ3v) is 4.01. The number of likely N-dealkylation sites (N-methyl/N-ethyl adjacent to an activating group) is 1. The van der Waals surface area contributed by atoms with Crippen molar-refractivity contribution in [3.05, 3.63) is 35.5 Å². The average Bonchev–Trinajstić information content (AvgIpc) is 2.84. The van der Waals surface area contributed by atoms with E-state index in [4.69, 9.17) is 0 Å². The minimum atomic E-state index is -0.866. The molecule has 3 rings (SSSR count). The fourth-order valence-electron chi connectivity index (χ4n) is 2.81. The maximum Gasteiger partial charge on any atom is 0.336 e. The highest BCUT2D eigenvalue weighted by Gasteiger charge is 2.18. The van der Waals surface area contributed by atoms with Crippen LogP contribution in [0, 0.1) is 0 Å². The Hall–Kier alpha value is -1.85. The smallest absolute Gasteiger partial charge is 0.336 e. The standard InChI is InChI=1S/C15H19N3O2/c1-17-5-7-18(8-6-17)10-11-9-16-13-4-2-3-12(14(11)13)15(19)20/h2-4,9,16H,5-8,10H2,1H3,(H,19,20). The van der Waals surface area contributed by atoms with Gasteiger partial charge in [-0.05, 0) is 24.7 Å². The second kappa shape index (κ2) is 5.26. The van der Waals surface area contributed by atoms with E-state index in [1.807, 2.05) is 12.3 Å². The van der Waals surface area contributed by atoms with Gasteiger partial charge in [0, 0.05) is 49.8 Å². The van der Waals surface area contributed by atoms with Gasteiger partial charge in [0.1, 0.15) is 0 Å². The predicted octanol–water partition coefficient (Wildman–Crippen LogP) is 1.61. The van der Waals surface area contributed by atoms with Crippen LogP contribution in [0.5, 0.6) is 0 Å². The van der Waals surface area contributed by atoms with Crippen molar-refractivity contribution in [1.29, 1.82) is 0 Å². The summed E-state index contributed by atoms with van der Waals surface area (Å²) in [5.74, 6) is -0.866. The zero-order chi connectivity index (χ0) is 14.1. The SMILES string of the molecule is CN1CCN(Cc2c[nH]c3cccc(C(=O)O)c23)CC1. The molecule has 1 aliphatic heterocycles. The van der Waals surface area contributed by atoms with Crippen molar-refractivity contribution in [3.8, 4) is 0 Å². The zero-order valence-electron chi connectivity index (χ0n) is 11.6. The van der Waals surface area contributed by atoms with E-state index in [-0.39, 0.29) is 0 Å². The van der Waals surface area contributed by atoms with Gasteiger partial charge in [-0.2, -0.15) is 0 Å². The Bertz CT molecular complexity index is 627. The number of H-pyrrole nitrogens is 1. The molecule has 106 valence electrons. The number of aromatic carboxylic acids is 1. The molecule has 5 heteroatoms. The third kappa shape index (κ3) is 2.42. The van der Waals surface area contributed by atoms with Crippen molar-refractivity contribution in [2.75, 3.05) is 33.2 Å². The highest BCUT2D eigenvalue weighted by Crippen LogP contribution is 2.24. The summed E-state index contributed by atoms with van der Waals surface area (Å²) in [5.41, 5.74) is 2.35. The van der Waals surface area contributed by atoms with E-state index >= 15 is 0 Å². The van der Waals surface area contributed by atoms with Crippen molar-refractivity contribution in [3.63, 3.8) is 0 Å². The second-order valence-electron chi connectivity index (χ2n) is 5.43. The molecule has 0 radical (unpaired) electrons. The number of aromatic nitrogens is 1. The highest BCUT2D eigenvalue weighted by atomic mass is 16.4. The molecule has 0 spiro atoms. The number of nitrogens with zero attached hydrogens (tertiary/aromatic N) is 2. The van der Waals surface area contributed by atoms with Crippen molar-refractivity contribution in [1.82, 2.24) is 14.8 Å². The summed E-state index contributed by atoms with van der Waals surface area (Å²) in [5, 5.41) is 10.2. The van der Waals surface area contributed by atoms with Crippen LogP contribution >= 0.6 is 0 Å². The molecule has 0 amide bonds. The molecule has 0 aliphatic carbocycles. The molecule has 0 atom stereocenters. The molecular formula is C15H19N3O2. The number of carbonyl (C=O) groups is 1. The Morgan fingerprint density at radius 1 is 1.30 bits per heavy atom. The molecule has 1 fully saturated rings. The molecule has 1 saturated heterocycles. The van der Waals surface area contributed by atoms with E-state index in [0.717, 1.165) is 49.2 Å². The summed E-state index contributed by atoms with van der Waals surface area (Å²) < 4.78 is 0. The lowest BCUT2D eigenvalue weighted by atomic mass is 10.1. The number of carboxylic acid groups (broad SMARTS) is 1. The Morgan fingerprint density at radius 3 is 2.75 bits per heavy atom. The fourth-order valence-corrected chi connectivity index (χ4v) is 2.81. The molecular weight excluding hydrogens is 254 g/mol. The number of hydrogen-bond donors (Lipinski definition) is 2. The van der Waals surface area contributed by atoms with E-state index in [9.17, 15) is 9.90 Å². The monoisotopic (exact) mass is 273 g/mol. The Morgan fingerprint density at radius 2 is 2.05 bits per heavy atom. The highest BCUT2D eigenvalue weighted by molar-refractivity contribution is 6.04. The van der Waals surface area contributed by atoms with Crippen molar-refractivity contribution >= 4 is 16.9 Å². The minimum absolute atomic E-state index is 0.382. The molecule has 2 heterocycles. The molecule has 1 aromatic heterocycles. The molecule has 1 aliphatic rings. The first kappa shape index (κ1) is 13.1. The first-order chi connectivity index (χ1) is 9.65. The van der Waals surface area contributed by atoms with Gasteiger partial charge in [-0.3, -0.25) is 4.90 Å². The van der Waals surface area contributed by atoms with Gasteiger partial charge in [-0.15, -0.1) is 0 Å². The topological polar surface area (TPSA) is 59.6 Å². The molecule has 0 bridgehead atoms. The van der Waals surface area contributed by atoms with Gasteiger partial charge in [0.05, 0.1) is 5.56 Å². The number of piperazine rings is 1. The maximum atomic E-state index is 11.4. The molecule has 20 heavy (non-hydrogen) atoms. The number of nitrogens with one attached hydrogen (secondary N) is 1. The lowest BCUT2D eigenvalue weighted by Crippen LogP contribution is -2.43. The van der Waals surface area contributed by atoms with Crippen molar-refractivity contribution in [2.45, 2.75) is 6.54 Å². The van der Waals surface area contributed by atoms with Crippen molar-refractivity contribution < 1.29 is 9.90 Å². The predicted molar refractivity (Wildman–Crippen MR) is 78.0 cm³/mol. The lowest BCUT2D eigenvalue weighted by molar-refractivity contribution is 0.0699. The van der Waals surface area contributed by atoms with Crippen LogP contribution in [-0.2, 0) is 6.54 Å². The van der Waals surface area contributed by atoms with E-state index < -0.39 is 5.97 Å². The van der Waals surface area contributed by atoms with Crippen molar-refractivity contribution in [2.24, 2.45) is 0 Å². The van der Waals surface area contributed by atoms with Gasteiger partial charge < -0.3 is 15.0 Å². The van der Waals surface area contributed by atoms with E-state index in [2.05, 4.69) is 21.8 Å². The summed E-state index contributed by atoms with van der Waals surface area (Å²) >= 11 is 0. The quantitative estimate of drug-likeness (QED) is 0.892. The number of rotatable bonds is 3. The first-order valence-corrected chi connectivity index (χ1v) is 6.88. The molecule has 1 aromatic carbocycles. The summed E-state index contributed by atoms with van der Waals surface area (Å²) in [6, 6.07) is 5.38. The van der Waals surface area contributed by atoms with Gasteiger partial charge in [-0.25, -0.2) is 4.79 Å². The molecule has 0 unspecified atom stereocenters. The van der Waals surface area contributed by atoms with E-state index in [1.165, 1.54) is 0 Å². The first-order valence-electron chi connectivity index (χ1n) is 6.88. The van der Waals surface area contributed by atoms with Crippen LogP contribution in [0.2, 0.25) is 0 Å². The Balaban J connectivity index is 1.90. The third-order valence-electron chi connectivity index (χ3n) is 4.01. The summed E-state index contributed by atoms with van der Waals surface area (Å²) in [6.07, 6.45) is 1.94. The van der Waals surface area contributed by atoms with E-state index in [1.54, 1.807) is 12.1 Å². The second-order valence-corrected chi connectivity index (χ2v) is 5.43. The summed E-state index contributed by atoms with van der Waals surface area (Å²) in [6.45, 7) is 4.98. The normalized spacial score (nSPS) is 17.6. The van der Waals surface area contributed by atoms with Crippen LogP contribution < -0.4 is 0 Å². The minimum Gasteiger partial charge on any atom is -0.478 e. The largest absolute Gasteiger partial charge is 0.478 e. The van der Waals surface area contributed by atoms with Gasteiger partial charge in [0.2, 0.25) is 0 Å². The van der Waals surface area contributed by atoms with Gasteiger partial charge in [0.25, 0.3) is 0 Å². The fraction of sp³-hybridized carbons (Fsp3) is 0.400. The van der Waals surface area contributed by atoms with Crippen LogP contribution in [0.25, 0.3) is 10.9 Å². The Labute approximate surface area is 117 Å². The lowest BCUT2D eigenvalue weighted by Gasteiger charge is -2.32. The zero-order valence-corrected chi connectivity index (χ0v) is 11.6. The molecule has 0 saturated carbocycles. The van der Waals surface area contributed by atoms with Crippen LogP contribution in [0.4, 0.5) is 0 Å². The number of aromatic amines is 1. The van der Waals surface area contributed by atoms with Crippen LogP contribution in [0.3, 0.4) is 0 Å². The molecule has 5 nitrogen and oxygen atoms in total. The van der Waals surface area contributed by atoms with Crippen LogP contribution in [-0.4, -0.2) is 59.1 Å². The van der Waals surface area contributed by atoms with Gasteiger partial charge >= 0.3 is 5.97 Å². The number of carboxylic acids is 1. The average molecular weight is 273 g/mol. The molecule has 2 aromatic rings. The summed E-state index contributed by atoms with van der Waals surface area (Å²) in [7, 11) is 2.13. The number of fused-ring (bicyclic) bond motifs is 1. The van der Waals surface area contributed by atoms with Crippen LogP contribution in [0.15, 0.2) is 24.4 Å². The maximum absolute atomic E-state index is 11.4. The number of benzene rings is 1. The Kier molecular flexibility index (Phi) is 3.46. The summed E-state index contributed by atoms with van der Waals surface area (Å²) in [4.78, 5) is 19.2. The van der Waals surface area contributed by atoms with E-state index in [0.29, 0.717) is 5.56 Å².